The zero-order chi connectivity index (χ0) is 17.7. The minimum atomic E-state index is -0.228. The van der Waals surface area contributed by atoms with Crippen LogP contribution in [0.3, 0.4) is 0 Å². The van der Waals surface area contributed by atoms with E-state index in [0.717, 1.165) is 32.6 Å². The molecule has 1 N–H and O–H groups in total. The molecule has 1 aliphatic heterocycles. The van der Waals surface area contributed by atoms with Crippen LogP contribution >= 0.6 is 0 Å². The van der Waals surface area contributed by atoms with Crippen LogP contribution in [0.2, 0.25) is 0 Å². The highest BCUT2D eigenvalue weighted by Gasteiger charge is 2.29. The molecule has 2 rings (SSSR count). The minimum Gasteiger partial charge on any atom is -0.497 e. The van der Waals surface area contributed by atoms with Gasteiger partial charge in [0.05, 0.1) is 7.11 Å². The maximum atomic E-state index is 14.2. The van der Waals surface area contributed by atoms with Gasteiger partial charge in [0.2, 0.25) is 0 Å². The molecule has 1 aromatic carbocycles. The Morgan fingerprint density at radius 1 is 1.29 bits per heavy atom. The van der Waals surface area contributed by atoms with Gasteiger partial charge in [-0.3, -0.25) is 9.80 Å². The third-order valence-electron chi connectivity index (χ3n) is 4.48. The number of hydrogen-bond donors (Lipinski definition) is 1. The van der Waals surface area contributed by atoms with E-state index in [2.05, 4.69) is 30.6 Å². The van der Waals surface area contributed by atoms with Crippen molar-refractivity contribution in [3.05, 3.63) is 29.6 Å². The molecule has 1 saturated heterocycles. The third-order valence-corrected chi connectivity index (χ3v) is 4.48. The lowest BCUT2D eigenvalue weighted by Crippen LogP contribution is -2.54. The second-order valence-electron chi connectivity index (χ2n) is 7.89. The van der Waals surface area contributed by atoms with Crippen molar-refractivity contribution in [3.8, 4) is 5.75 Å². The monoisotopic (exact) mass is 338 g/mol. The molecule has 1 aliphatic rings. The first-order chi connectivity index (χ1) is 11.3. The molecule has 0 bridgehead atoms. The predicted molar refractivity (Wildman–Crippen MR) is 94.7 cm³/mol. The van der Waals surface area contributed by atoms with Crippen molar-refractivity contribution in [1.29, 1.82) is 0 Å². The predicted octanol–water partition coefficient (Wildman–Crippen LogP) is 2.75. The molecule has 1 fully saturated rings. The van der Waals surface area contributed by atoms with E-state index in [0.29, 0.717) is 17.9 Å². The van der Waals surface area contributed by atoms with E-state index in [4.69, 9.17) is 4.74 Å². The van der Waals surface area contributed by atoms with Gasteiger partial charge in [-0.1, -0.05) is 26.8 Å². The van der Waals surface area contributed by atoms with E-state index >= 15 is 0 Å². The molecule has 1 aromatic rings. The zero-order valence-electron chi connectivity index (χ0n) is 15.4. The van der Waals surface area contributed by atoms with E-state index in [1.807, 2.05) is 0 Å². The van der Waals surface area contributed by atoms with Crippen molar-refractivity contribution in [2.45, 2.75) is 39.8 Å². The zero-order valence-corrected chi connectivity index (χ0v) is 15.4. The van der Waals surface area contributed by atoms with Gasteiger partial charge in [-0.05, 0) is 17.9 Å². The SMILES string of the molecule is COc1ccc(CN2CCN(CC(C)(C)C)C[C@H]2CCO)c(F)c1. The standard InChI is InChI=1S/C19H31FN2O2/c1-19(2,3)14-21-8-9-22(16(13-21)7-10-23)12-15-5-6-17(24-4)11-18(15)20/h5-6,11,16,23H,7-10,12-14H2,1-4H3/t16-/m1/s1. The van der Waals surface area contributed by atoms with Crippen LogP contribution in [0, 0.1) is 11.2 Å². The number of halogens is 1. The van der Waals surface area contributed by atoms with Crippen molar-refractivity contribution in [2.75, 3.05) is 39.9 Å². The largest absolute Gasteiger partial charge is 0.497 e. The lowest BCUT2D eigenvalue weighted by atomic mass is 9.95. The van der Waals surface area contributed by atoms with Crippen molar-refractivity contribution in [3.63, 3.8) is 0 Å². The Balaban J connectivity index is 2.04. The van der Waals surface area contributed by atoms with E-state index in [-0.39, 0.29) is 23.9 Å². The van der Waals surface area contributed by atoms with Gasteiger partial charge in [0.25, 0.3) is 0 Å². The Bertz CT molecular complexity index is 531. The highest BCUT2D eigenvalue weighted by atomic mass is 19.1. The van der Waals surface area contributed by atoms with Gasteiger partial charge in [-0.25, -0.2) is 4.39 Å². The van der Waals surface area contributed by atoms with Crippen molar-refractivity contribution in [2.24, 2.45) is 5.41 Å². The lowest BCUT2D eigenvalue weighted by Gasteiger charge is -2.43. The Morgan fingerprint density at radius 2 is 2.04 bits per heavy atom. The average Bonchev–Trinajstić information content (AvgIpc) is 2.50. The number of benzene rings is 1. The highest BCUT2D eigenvalue weighted by molar-refractivity contribution is 5.29. The van der Waals surface area contributed by atoms with Gasteiger partial charge >= 0.3 is 0 Å². The molecule has 1 atom stereocenters. The number of hydrogen-bond acceptors (Lipinski definition) is 4. The Kier molecular flexibility index (Phi) is 6.61. The lowest BCUT2D eigenvalue weighted by molar-refractivity contribution is 0.0376. The summed E-state index contributed by atoms with van der Waals surface area (Å²) in [4.78, 5) is 4.75. The second kappa shape index (κ2) is 8.28. The number of aliphatic hydroxyl groups excluding tert-OH is 1. The number of aliphatic hydroxyl groups is 1. The summed E-state index contributed by atoms with van der Waals surface area (Å²) in [6.45, 7) is 11.3. The Hall–Kier alpha value is -1.17. The van der Waals surface area contributed by atoms with E-state index in [1.165, 1.54) is 6.07 Å². The smallest absolute Gasteiger partial charge is 0.131 e. The fourth-order valence-electron chi connectivity index (χ4n) is 3.40. The summed E-state index contributed by atoms with van der Waals surface area (Å²) >= 11 is 0. The minimum absolute atomic E-state index is 0.162. The van der Waals surface area contributed by atoms with E-state index < -0.39 is 0 Å². The van der Waals surface area contributed by atoms with Crippen molar-refractivity contribution >= 4 is 0 Å². The molecule has 0 spiro atoms. The average molecular weight is 338 g/mol. The van der Waals surface area contributed by atoms with Crippen LogP contribution in [-0.4, -0.2) is 60.8 Å². The Morgan fingerprint density at radius 3 is 2.62 bits per heavy atom. The maximum Gasteiger partial charge on any atom is 0.131 e. The van der Waals surface area contributed by atoms with Gasteiger partial charge in [0.1, 0.15) is 11.6 Å². The Labute approximate surface area is 145 Å². The fourth-order valence-corrected chi connectivity index (χ4v) is 3.40. The third kappa shape index (κ3) is 5.43. The summed E-state index contributed by atoms with van der Waals surface area (Å²) in [5, 5.41) is 9.41. The first-order valence-electron chi connectivity index (χ1n) is 8.72. The van der Waals surface area contributed by atoms with Crippen molar-refractivity contribution in [1.82, 2.24) is 9.80 Å². The summed E-state index contributed by atoms with van der Waals surface area (Å²) < 4.78 is 19.3. The van der Waals surface area contributed by atoms with Crippen LogP contribution in [0.5, 0.6) is 5.75 Å². The van der Waals surface area contributed by atoms with Crippen LogP contribution in [0.25, 0.3) is 0 Å². The number of rotatable bonds is 6. The molecule has 0 saturated carbocycles. The maximum absolute atomic E-state index is 14.2. The summed E-state index contributed by atoms with van der Waals surface area (Å²) in [6, 6.07) is 5.29. The summed E-state index contributed by atoms with van der Waals surface area (Å²) in [5.74, 6) is 0.312. The molecule has 0 amide bonds. The topological polar surface area (TPSA) is 35.9 Å². The summed E-state index contributed by atoms with van der Waals surface area (Å²) in [6.07, 6.45) is 0.721. The quantitative estimate of drug-likeness (QED) is 0.865. The van der Waals surface area contributed by atoms with Gasteiger partial charge in [-0.2, -0.15) is 0 Å². The molecule has 0 unspecified atom stereocenters. The number of methoxy groups -OCH3 is 1. The van der Waals surface area contributed by atoms with Gasteiger partial charge in [-0.15, -0.1) is 0 Å². The molecule has 5 heteroatoms. The van der Waals surface area contributed by atoms with Crippen LogP contribution in [0.1, 0.15) is 32.8 Å². The number of piperazine rings is 1. The number of nitrogens with zero attached hydrogens (tertiary/aromatic N) is 2. The molecule has 24 heavy (non-hydrogen) atoms. The van der Waals surface area contributed by atoms with Gasteiger partial charge in [0, 0.05) is 57.0 Å². The summed E-state index contributed by atoms with van der Waals surface area (Å²) in [5.41, 5.74) is 0.941. The normalized spacial score (nSPS) is 20.3. The first kappa shape index (κ1) is 19.2. The molecular weight excluding hydrogens is 307 g/mol. The molecule has 4 nitrogen and oxygen atoms in total. The second-order valence-corrected chi connectivity index (χ2v) is 7.89. The molecule has 0 aromatic heterocycles. The van der Waals surface area contributed by atoms with E-state index in [9.17, 15) is 9.50 Å². The first-order valence-corrected chi connectivity index (χ1v) is 8.72. The van der Waals surface area contributed by atoms with Crippen LogP contribution < -0.4 is 4.74 Å². The number of ether oxygens (including phenoxy) is 1. The van der Waals surface area contributed by atoms with Gasteiger partial charge < -0.3 is 9.84 Å². The van der Waals surface area contributed by atoms with Crippen molar-refractivity contribution < 1.29 is 14.2 Å². The molecule has 136 valence electrons. The highest BCUT2D eigenvalue weighted by Crippen LogP contribution is 2.23. The van der Waals surface area contributed by atoms with Crippen LogP contribution in [-0.2, 0) is 6.54 Å². The molecule has 0 radical (unpaired) electrons. The van der Waals surface area contributed by atoms with Crippen LogP contribution in [0.4, 0.5) is 4.39 Å². The van der Waals surface area contributed by atoms with E-state index in [1.54, 1.807) is 19.2 Å². The molecular formula is C19H31FN2O2. The van der Waals surface area contributed by atoms with Crippen LogP contribution in [0.15, 0.2) is 18.2 Å². The molecule has 1 heterocycles. The molecule has 0 aliphatic carbocycles. The fraction of sp³-hybridized carbons (Fsp3) is 0.684. The summed E-state index contributed by atoms with van der Waals surface area (Å²) in [7, 11) is 1.54. The van der Waals surface area contributed by atoms with Gasteiger partial charge in [0.15, 0.2) is 0 Å².